The Balaban J connectivity index is 0. The summed E-state index contributed by atoms with van der Waals surface area (Å²) in [4.78, 5) is 0. The largest absolute Gasteiger partial charge is 0.356 e. The van der Waals surface area contributed by atoms with Crippen LogP contribution >= 0.6 is 0 Å². The van der Waals surface area contributed by atoms with Gasteiger partial charge in [0.1, 0.15) is 6.79 Å². The van der Waals surface area contributed by atoms with Crippen molar-refractivity contribution in [3.05, 3.63) is 0 Å². The monoisotopic (exact) mass is 124 g/mol. The van der Waals surface area contributed by atoms with Gasteiger partial charge in [0.15, 0.2) is 0 Å². The van der Waals surface area contributed by atoms with Gasteiger partial charge in [-0.25, -0.2) is 0 Å². The molecule has 8 heavy (non-hydrogen) atoms. The van der Waals surface area contributed by atoms with Crippen LogP contribution in [0.2, 0.25) is 0 Å². The molecule has 0 aromatic carbocycles. The fourth-order valence-electron chi connectivity index (χ4n) is 0.226. The van der Waals surface area contributed by atoms with Crippen molar-refractivity contribution in [1.82, 2.24) is 0 Å². The second-order valence-electron chi connectivity index (χ2n) is 1.10. The smallest absolute Gasteiger partial charge is 0.146 e. The summed E-state index contributed by atoms with van der Waals surface area (Å²) in [5.41, 5.74) is 0. The van der Waals surface area contributed by atoms with Crippen LogP contribution in [0.25, 0.3) is 0 Å². The Morgan fingerprint density at radius 2 is 1.38 bits per heavy atom. The van der Waals surface area contributed by atoms with Crippen LogP contribution in [0.5, 0.6) is 0 Å². The lowest BCUT2D eigenvalue weighted by Gasteiger charge is -1.97. The summed E-state index contributed by atoms with van der Waals surface area (Å²) in [6, 6.07) is 0. The molecular weight excluding hydrogens is 111 g/mol. The molecule has 0 radical (unpaired) electrons. The molecule has 0 aliphatic heterocycles. The lowest BCUT2D eigenvalue weighted by Crippen LogP contribution is -1.97. The Bertz CT molecular complexity index is 29.6. The molecule has 0 N–H and O–H groups in total. The summed E-state index contributed by atoms with van der Waals surface area (Å²) >= 11 is 0. The second-order valence-corrected chi connectivity index (χ2v) is 1.10. The van der Waals surface area contributed by atoms with Crippen LogP contribution in [0, 0.1) is 0 Å². The van der Waals surface area contributed by atoms with E-state index in [2.05, 4.69) is 0 Å². The minimum Gasteiger partial charge on any atom is -0.356 e. The first-order valence-electron chi connectivity index (χ1n) is 2.57. The van der Waals surface area contributed by atoms with E-state index in [1.807, 2.05) is 13.8 Å². The van der Waals surface area contributed by atoms with E-state index in [0.29, 0.717) is 6.79 Å². The minimum absolute atomic E-state index is 0. The lowest BCUT2D eigenvalue weighted by atomic mass is 10.9. The third kappa shape index (κ3) is 9.28. The summed E-state index contributed by atoms with van der Waals surface area (Å²) in [6.07, 6.45) is 0. The third-order valence-corrected chi connectivity index (χ3v) is 0.575. The maximum Gasteiger partial charge on any atom is 0.146 e. The maximum atomic E-state index is 4.85. The van der Waals surface area contributed by atoms with Crippen LogP contribution in [-0.2, 0) is 9.47 Å². The van der Waals surface area contributed by atoms with Crippen LogP contribution < -0.4 is 0 Å². The molecule has 0 saturated carbocycles. The van der Waals surface area contributed by atoms with E-state index in [-0.39, 0.29) is 4.70 Å². The van der Waals surface area contributed by atoms with E-state index < -0.39 is 0 Å². The van der Waals surface area contributed by atoms with Crippen molar-refractivity contribution in [2.75, 3.05) is 20.0 Å². The molecule has 0 heterocycles. The average Bonchev–Trinajstić information content (AvgIpc) is 1.69. The van der Waals surface area contributed by atoms with Gasteiger partial charge in [-0.3, -0.25) is 4.70 Å². The van der Waals surface area contributed by atoms with Gasteiger partial charge in [0.2, 0.25) is 0 Å². The van der Waals surface area contributed by atoms with Gasteiger partial charge in [0, 0.05) is 13.2 Å². The van der Waals surface area contributed by atoms with E-state index in [9.17, 15) is 0 Å². The SMILES string of the molecule is CCOCOCC.F. The Labute approximate surface area is 49.2 Å². The third-order valence-electron chi connectivity index (χ3n) is 0.575. The molecule has 0 unspecified atom stereocenters. The van der Waals surface area contributed by atoms with Crippen LogP contribution in [-0.4, -0.2) is 20.0 Å². The molecule has 0 aromatic heterocycles. The predicted molar refractivity (Wildman–Crippen MR) is 30.6 cm³/mol. The molecule has 3 heteroatoms. The van der Waals surface area contributed by atoms with Gasteiger partial charge in [-0.05, 0) is 13.8 Å². The van der Waals surface area contributed by atoms with Gasteiger partial charge in [-0.15, -0.1) is 0 Å². The first-order chi connectivity index (χ1) is 3.41. The van der Waals surface area contributed by atoms with Crippen LogP contribution in [0.1, 0.15) is 13.8 Å². The van der Waals surface area contributed by atoms with E-state index in [1.165, 1.54) is 0 Å². The van der Waals surface area contributed by atoms with Crippen molar-refractivity contribution < 1.29 is 14.2 Å². The molecule has 0 atom stereocenters. The van der Waals surface area contributed by atoms with Gasteiger partial charge in [0.25, 0.3) is 0 Å². The molecule has 0 aliphatic rings. The Kier molecular flexibility index (Phi) is 13.4. The molecule has 0 bridgehead atoms. The zero-order valence-corrected chi connectivity index (χ0v) is 5.35. The molecule has 2 nitrogen and oxygen atoms in total. The number of hydrogen-bond donors (Lipinski definition) is 0. The molecule has 0 saturated heterocycles. The highest BCUT2D eigenvalue weighted by Crippen LogP contribution is 1.74. The molecule has 0 fully saturated rings. The number of hydrogen-bond acceptors (Lipinski definition) is 2. The number of ether oxygens (including phenoxy) is 2. The van der Waals surface area contributed by atoms with E-state index >= 15 is 0 Å². The Hall–Kier alpha value is -0.150. The Morgan fingerprint density at radius 3 is 1.62 bits per heavy atom. The summed E-state index contributed by atoms with van der Waals surface area (Å²) in [6.45, 7) is 5.80. The molecule has 0 spiro atoms. The van der Waals surface area contributed by atoms with Crippen molar-refractivity contribution in [2.24, 2.45) is 0 Å². The molecule has 0 aromatic rings. The van der Waals surface area contributed by atoms with Crippen molar-refractivity contribution >= 4 is 0 Å². The highest BCUT2D eigenvalue weighted by Gasteiger charge is 1.76. The summed E-state index contributed by atoms with van der Waals surface area (Å²) in [5, 5.41) is 0. The van der Waals surface area contributed by atoms with E-state index in [4.69, 9.17) is 9.47 Å². The van der Waals surface area contributed by atoms with Gasteiger partial charge in [-0.2, -0.15) is 0 Å². The quantitative estimate of drug-likeness (QED) is 0.413. The predicted octanol–water partition coefficient (Wildman–Crippen LogP) is 1.17. The fourth-order valence-corrected chi connectivity index (χ4v) is 0.226. The average molecular weight is 124 g/mol. The van der Waals surface area contributed by atoms with Gasteiger partial charge in [-0.1, -0.05) is 0 Å². The van der Waals surface area contributed by atoms with Gasteiger partial charge in [0.05, 0.1) is 0 Å². The van der Waals surface area contributed by atoms with Crippen molar-refractivity contribution in [3.63, 3.8) is 0 Å². The lowest BCUT2D eigenvalue weighted by molar-refractivity contribution is -0.0445. The summed E-state index contributed by atoms with van der Waals surface area (Å²) in [7, 11) is 0. The molecular formula is C5H13FO2. The van der Waals surface area contributed by atoms with Crippen molar-refractivity contribution in [1.29, 1.82) is 0 Å². The molecule has 52 valence electrons. The number of rotatable bonds is 4. The van der Waals surface area contributed by atoms with E-state index in [1.54, 1.807) is 0 Å². The zero-order valence-electron chi connectivity index (χ0n) is 5.35. The van der Waals surface area contributed by atoms with Crippen LogP contribution in [0.4, 0.5) is 4.70 Å². The zero-order chi connectivity index (χ0) is 5.54. The van der Waals surface area contributed by atoms with E-state index in [0.717, 1.165) is 13.2 Å². The topological polar surface area (TPSA) is 18.5 Å². The molecule has 0 rings (SSSR count). The maximum absolute atomic E-state index is 4.85. The standard InChI is InChI=1S/C5H12O2.FH/c1-3-6-5-7-4-2;/h3-5H2,1-2H3;1H. The minimum atomic E-state index is 0. The van der Waals surface area contributed by atoms with Crippen molar-refractivity contribution in [3.8, 4) is 0 Å². The molecule has 0 amide bonds. The highest BCUT2D eigenvalue weighted by atomic mass is 19.0. The van der Waals surface area contributed by atoms with Crippen molar-refractivity contribution in [2.45, 2.75) is 13.8 Å². The summed E-state index contributed by atoms with van der Waals surface area (Å²) in [5.74, 6) is 0. The fraction of sp³-hybridized carbons (Fsp3) is 1.00. The first kappa shape index (κ1) is 10.8. The number of halogens is 1. The highest BCUT2D eigenvalue weighted by molar-refractivity contribution is 4.08. The van der Waals surface area contributed by atoms with Gasteiger partial charge < -0.3 is 9.47 Å². The molecule has 0 aliphatic carbocycles. The van der Waals surface area contributed by atoms with Crippen LogP contribution in [0.3, 0.4) is 0 Å². The summed E-state index contributed by atoms with van der Waals surface area (Å²) < 4.78 is 9.70. The van der Waals surface area contributed by atoms with Crippen LogP contribution in [0.15, 0.2) is 0 Å². The Morgan fingerprint density at radius 1 is 1.00 bits per heavy atom. The normalized spacial score (nSPS) is 8.25. The first-order valence-corrected chi connectivity index (χ1v) is 2.57. The van der Waals surface area contributed by atoms with Gasteiger partial charge >= 0.3 is 0 Å². The second kappa shape index (κ2) is 9.97.